The molecule has 2 fully saturated rings. The van der Waals surface area contributed by atoms with Crippen molar-refractivity contribution in [2.45, 2.75) is 85.7 Å². The van der Waals surface area contributed by atoms with Gasteiger partial charge >= 0.3 is 0 Å². The van der Waals surface area contributed by atoms with Crippen LogP contribution in [0.5, 0.6) is 0 Å². The minimum atomic E-state index is -2.66. The van der Waals surface area contributed by atoms with Crippen molar-refractivity contribution < 1.29 is 65.3 Å². The normalized spacial score (nSPS) is 47.2. The second-order valence-corrected chi connectivity index (χ2v) is 8.05. The van der Waals surface area contributed by atoms with E-state index in [1.807, 2.05) is 0 Å². The Kier molecular flexibility index (Phi) is 8.49. The molecule has 2 aliphatic rings. The first-order valence-electron chi connectivity index (χ1n) is 9.70. The van der Waals surface area contributed by atoms with Gasteiger partial charge in [-0.05, 0) is 12.8 Å². The Bertz CT molecular complexity index is 625. The number of hydrogen-bond acceptors (Lipinski definition) is 14. The summed E-state index contributed by atoms with van der Waals surface area (Å²) in [6.45, 7) is -2.22. The zero-order valence-corrected chi connectivity index (χ0v) is 16.5. The Morgan fingerprint density at radius 2 is 1.32 bits per heavy atom. The smallest absolute Gasteiger partial charge is 0.219 e. The molecule has 0 aromatic carbocycles. The fourth-order valence-corrected chi connectivity index (χ4v) is 3.66. The summed E-state index contributed by atoms with van der Waals surface area (Å²) < 4.78 is 10.0. The number of carbonyl (C=O) groups excluding carboxylic acids is 1. The summed E-state index contributed by atoms with van der Waals surface area (Å²) in [5.74, 6) is -5.99. The van der Waals surface area contributed by atoms with E-state index in [9.17, 15) is 55.9 Å². The maximum atomic E-state index is 12.4. The quantitative estimate of drug-likeness (QED) is 0.162. The predicted octanol–water partition coefficient (Wildman–Crippen LogP) is -6.62. The summed E-state index contributed by atoms with van der Waals surface area (Å²) in [6, 6.07) is -0.873. The number of aliphatic hydroxyl groups excluding tert-OH is 8. The molecular weight excluding hydrogens is 426 g/mol. The van der Waals surface area contributed by atoms with Crippen molar-refractivity contribution in [3.05, 3.63) is 0 Å². The zero-order chi connectivity index (χ0) is 23.7. The van der Waals surface area contributed by atoms with E-state index in [1.54, 1.807) is 0 Å². The number of aliphatic hydroxyl groups is 10. The fraction of sp³-hybridized carbons (Fsp3) is 0.941. The standard InChI is InChI=1S/C17H31NO13/c18-6(3-8-9(22)11(24)14(26)16(28,4-19)30-8)1-2-7(21)13-10(23)12(25)15(27)17(29,5-20)31-13/h6,8-15,19-20,22-29H,1-5,18H2/t6?,8?,9-,10+,11-,12-,13?,14+,15+,16+,17+/m1/s1. The molecule has 2 saturated heterocycles. The van der Waals surface area contributed by atoms with Gasteiger partial charge in [-0.3, -0.25) is 4.79 Å². The molecule has 2 heterocycles. The SMILES string of the molecule is NC(CCC(=O)C1O[C@@](O)(CO)[C@@H](O)[C@H](O)[C@@H]1O)CC1O[C@@](O)(CO)[C@@H](O)[C@H](O)[C@@H]1O. The number of ketones is 1. The molecule has 2 aliphatic heterocycles. The molecule has 14 nitrogen and oxygen atoms in total. The molecule has 2 rings (SSSR count). The molecule has 182 valence electrons. The lowest BCUT2D eigenvalue weighted by atomic mass is 9.87. The monoisotopic (exact) mass is 457 g/mol. The summed E-state index contributed by atoms with van der Waals surface area (Å²) in [6.07, 6.45) is -15.1. The van der Waals surface area contributed by atoms with Crippen molar-refractivity contribution in [1.82, 2.24) is 0 Å². The van der Waals surface area contributed by atoms with Crippen LogP contribution in [0.2, 0.25) is 0 Å². The molecule has 0 spiro atoms. The molecule has 12 N–H and O–H groups in total. The van der Waals surface area contributed by atoms with Crippen molar-refractivity contribution in [3.63, 3.8) is 0 Å². The molecular formula is C17H31NO13. The molecule has 0 bridgehead atoms. The largest absolute Gasteiger partial charge is 0.391 e. The number of rotatable bonds is 8. The summed E-state index contributed by atoms with van der Waals surface area (Å²) in [5.41, 5.74) is 5.90. The molecule has 0 radical (unpaired) electrons. The minimum absolute atomic E-state index is 0.0929. The Balaban J connectivity index is 1.96. The Hall–Kier alpha value is -0.850. The zero-order valence-electron chi connectivity index (χ0n) is 16.5. The van der Waals surface area contributed by atoms with Crippen molar-refractivity contribution in [1.29, 1.82) is 0 Å². The van der Waals surface area contributed by atoms with E-state index in [1.165, 1.54) is 0 Å². The molecule has 0 aromatic heterocycles. The van der Waals surface area contributed by atoms with Gasteiger partial charge in [0.2, 0.25) is 11.6 Å². The molecule has 31 heavy (non-hydrogen) atoms. The van der Waals surface area contributed by atoms with Gasteiger partial charge in [0, 0.05) is 12.5 Å². The second-order valence-electron chi connectivity index (χ2n) is 8.05. The highest BCUT2D eigenvalue weighted by Crippen LogP contribution is 2.31. The Morgan fingerprint density at radius 1 is 0.839 bits per heavy atom. The van der Waals surface area contributed by atoms with Crippen molar-refractivity contribution in [2.24, 2.45) is 5.73 Å². The Morgan fingerprint density at radius 3 is 1.84 bits per heavy atom. The molecule has 3 unspecified atom stereocenters. The third kappa shape index (κ3) is 5.22. The van der Waals surface area contributed by atoms with Gasteiger partial charge < -0.3 is 66.3 Å². The summed E-state index contributed by atoms with van der Waals surface area (Å²) >= 11 is 0. The lowest BCUT2D eigenvalue weighted by Gasteiger charge is -2.45. The van der Waals surface area contributed by atoms with Crippen LogP contribution in [0.1, 0.15) is 19.3 Å². The van der Waals surface area contributed by atoms with E-state index in [4.69, 9.17) is 15.2 Å². The number of hydrogen-bond donors (Lipinski definition) is 11. The van der Waals surface area contributed by atoms with Gasteiger partial charge in [-0.15, -0.1) is 0 Å². The third-order valence-electron chi connectivity index (χ3n) is 5.72. The van der Waals surface area contributed by atoms with Crippen LogP contribution in [0, 0.1) is 0 Å². The maximum Gasteiger partial charge on any atom is 0.219 e. The number of nitrogens with two attached hydrogens (primary N) is 1. The minimum Gasteiger partial charge on any atom is -0.391 e. The van der Waals surface area contributed by atoms with E-state index in [0.717, 1.165) is 0 Å². The topological polar surface area (TPSA) is 264 Å². The maximum absolute atomic E-state index is 12.4. The van der Waals surface area contributed by atoms with Crippen molar-refractivity contribution >= 4 is 5.78 Å². The van der Waals surface area contributed by atoms with Gasteiger partial charge in [-0.2, -0.15) is 0 Å². The highest BCUT2D eigenvalue weighted by atomic mass is 16.7. The van der Waals surface area contributed by atoms with Crippen LogP contribution in [0.3, 0.4) is 0 Å². The van der Waals surface area contributed by atoms with Crippen molar-refractivity contribution in [2.75, 3.05) is 13.2 Å². The lowest BCUT2D eigenvalue weighted by Crippen LogP contribution is -2.67. The molecule has 14 heteroatoms. The predicted molar refractivity (Wildman–Crippen MR) is 96.7 cm³/mol. The van der Waals surface area contributed by atoms with Gasteiger partial charge in [0.1, 0.15) is 42.7 Å². The van der Waals surface area contributed by atoms with Gasteiger partial charge in [0.05, 0.1) is 19.3 Å². The highest BCUT2D eigenvalue weighted by Gasteiger charge is 2.55. The number of Topliss-reactive ketones (excluding diaryl/α,β-unsaturated/α-hetero) is 1. The average Bonchev–Trinajstić information content (AvgIpc) is 2.75. The van der Waals surface area contributed by atoms with Crippen LogP contribution in [0.4, 0.5) is 0 Å². The summed E-state index contributed by atoms with van der Waals surface area (Å²) in [7, 11) is 0. The number of ether oxygens (including phenoxy) is 2. The van der Waals surface area contributed by atoms with Crippen LogP contribution >= 0.6 is 0 Å². The van der Waals surface area contributed by atoms with Crippen LogP contribution < -0.4 is 5.73 Å². The van der Waals surface area contributed by atoms with E-state index in [2.05, 4.69) is 0 Å². The van der Waals surface area contributed by atoms with E-state index >= 15 is 0 Å². The van der Waals surface area contributed by atoms with Crippen LogP contribution in [0.15, 0.2) is 0 Å². The first-order chi connectivity index (χ1) is 14.3. The van der Waals surface area contributed by atoms with Gasteiger partial charge in [-0.1, -0.05) is 0 Å². The van der Waals surface area contributed by atoms with Crippen LogP contribution in [0.25, 0.3) is 0 Å². The average molecular weight is 457 g/mol. The molecule has 0 aromatic rings. The third-order valence-corrected chi connectivity index (χ3v) is 5.72. The summed E-state index contributed by atoms with van der Waals surface area (Å²) in [5, 5.41) is 97.5. The van der Waals surface area contributed by atoms with E-state index in [0.29, 0.717) is 0 Å². The molecule has 0 amide bonds. The molecule has 11 atom stereocenters. The van der Waals surface area contributed by atoms with E-state index < -0.39 is 85.4 Å². The lowest BCUT2D eigenvalue weighted by molar-refractivity contribution is -0.355. The molecule has 0 saturated carbocycles. The first kappa shape index (κ1) is 26.4. The van der Waals surface area contributed by atoms with Crippen molar-refractivity contribution in [3.8, 4) is 0 Å². The summed E-state index contributed by atoms with van der Waals surface area (Å²) in [4.78, 5) is 12.4. The van der Waals surface area contributed by atoms with E-state index in [-0.39, 0.29) is 19.3 Å². The fourth-order valence-electron chi connectivity index (χ4n) is 3.66. The van der Waals surface area contributed by atoms with Gasteiger partial charge in [0.15, 0.2) is 5.78 Å². The number of carbonyl (C=O) groups is 1. The molecule has 0 aliphatic carbocycles. The highest BCUT2D eigenvalue weighted by molar-refractivity contribution is 5.84. The first-order valence-corrected chi connectivity index (χ1v) is 9.70. The van der Waals surface area contributed by atoms with Crippen LogP contribution in [-0.4, -0.2) is 137 Å². The van der Waals surface area contributed by atoms with Gasteiger partial charge in [0.25, 0.3) is 0 Å². The second kappa shape index (κ2) is 9.96. The van der Waals surface area contributed by atoms with Crippen LogP contribution in [-0.2, 0) is 14.3 Å². The Labute approximate surface area is 176 Å². The van der Waals surface area contributed by atoms with Gasteiger partial charge in [-0.25, -0.2) is 0 Å².